The highest BCUT2D eigenvalue weighted by Crippen LogP contribution is 2.24. The van der Waals surface area contributed by atoms with E-state index in [2.05, 4.69) is 11.1 Å². The van der Waals surface area contributed by atoms with Crippen molar-refractivity contribution >= 4 is 11.8 Å². The molecule has 0 atom stereocenters. The Kier molecular flexibility index (Phi) is 6.30. The molecule has 0 radical (unpaired) electrons. The molecule has 1 aromatic heterocycles. The van der Waals surface area contributed by atoms with Crippen LogP contribution < -0.4 is 9.47 Å². The summed E-state index contributed by atoms with van der Waals surface area (Å²) in [5.74, 6) is 2.38. The number of ether oxygens (including phenoxy) is 2. The number of rotatable bonds is 7. The van der Waals surface area contributed by atoms with Crippen LogP contribution >= 0.6 is 11.8 Å². The second kappa shape index (κ2) is 8.44. The summed E-state index contributed by atoms with van der Waals surface area (Å²) in [6.07, 6.45) is 0. The first-order valence-electron chi connectivity index (χ1n) is 7.51. The van der Waals surface area contributed by atoms with E-state index in [9.17, 15) is 5.26 Å². The molecule has 0 saturated carbocycles. The zero-order valence-electron chi connectivity index (χ0n) is 13.6. The maximum Gasteiger partial charge on any atom is 0.119 e. The lowest BCUT2D eigenvalue weighted by atomic mass is 10.1. The Labute approximate surface area is 141 Å². The van der Waals surface area contributed by atoms with Crippen LogP contribution in [-0.4, -0.2) is 24.0 Å². The van der Waals surface area contributed by atoms with Gasteiger partial charge in [0.15, 0.2) is 0 Å². The maximum atomic E-state index is 9.25. The van der Waals surface area contributed by atoms with Gasteiger partial charge in [-0.25, -0.2) is 4.98 Å². The van der Waals surface area contributed by atoms with Gasteiger partial charge in [0.25, 0.3) is 0 Å². The monoisotopic (exact) mass is 328 g/mol. The Morgan fingerprint density at radius 2 is 1.78 bits per heavy atom. The zero-order valence-corrected chi connectivity index (χ0v) is 14.4. The van der Waals surface area contributed by atoms with Gasteiger partial charge in [0.1, 0.15) is 22.6 Å². The van der Waals surface area contributed by atoms with Crippen molar-refractivity contribution in [1.29, 1.82) is 5.26 Å². The van der Waals surface area contributed by atoms with Crippen LogP contribution in [0.25, 0.3) is 0 Å². The molecule has 0 aliphatic rings. The fraction of sp³-hybridized carbons (Fsp3) is 0.333. The first kappa shape index (κ1) is 17.2. The van der Waals surface area contributed by atoms with E-state index in [1.165, 1.54) is 0 Å². The van der Waals surface area contributed by atoms with Crippen LogP contribution in [0.4, 0.5) is 0 Å². The quantitative estimate of drug-likeness (QED) is 0.565. The minimum Gasteiger partial charge on any atom is -0.494 e. The summed E-state index contributed by atoms with van der Waals surface area (Å²) in [6.45, 7) is 7.04. The molecule has 0 spiro atoms. The number of benzene rings is 1. The minimum atomic E-state index is 0.554. The van der Waals surface area contributed by atoms with Gasteiger partial charge in [-0.3, -0.25) is 0 Å². The van der Waals surface area contributed by atoms with Gasteiger partial charge in [-0.2, -0.15) is 5.26 Å². The predicted molar refractivity (Wildman–Crippen MR) is 92.3 cm³/mol. The lowest BCUT2D eigenvalue weighted by molar-refractivity contribution is 0.332. The molecule has 2 aromatic rings. The highest BCUT2D eigenvalue weighted by Gasteiger charge is 2.09. The summed E-state index contributed by atoms with van der Waals surface area (Å²) in [5, 5.41) is 10.0. The number of pyridine rings is 1. The van der Waals surface area contributed by atoms with Crippen molar-refractivity contribution in [3.05, 3.63) is 47.2 Å². The van der Waals surface area contributed by atoms with E-state index in [0.717, 1.165) is 33.5 Å². The first-order valence-corrected chi connectivity index (χ1v) is 8.49. The summed E-state index contributed by atoms with van der Waals surface area (Å²) in [5.41, 5.74) is 2.55. The van der Waals surface area contributed by atoms with Gasteiger partial charge in [0, 0.05) is 11.4 Å². The molecule has 0 fully saturated rings. The highest BCUT2D eigenvalue weighted by molar-refractivity contribution is 7.99. The predicted octanol–water partition coefficient (Wildman–Crippen LogP) is 4.14. The van der Waals surface area contributed by atoms with Crippen molar-refractivity contribution in [3.8, 4) is 17.6 Å². The molecule has 1 aromatic carbocycles. The van der Waals surface area contributed by atoms with E-state index in [1.807, 2.05) is 51.1 Å². The van der Waals surface area contributed by atoms with Gasteiger partial charge in [-0.1, -0.05) is 0 Å². The third-order valence-electron chi connectivity index (χ3n) is 3.15. The SMILES string of the molecule is CCOc1ccc(OCCSc2nc(C)cc(C)c2C#N)cc1. The van der Waals surface area contributed by atoms with Gasteiger partial charge in [0.2, 0.25) is 0 Å². The smallest absolute Gasteiger partial charge is 0.119 e. The fourth-order valence-corrected chi connectivity index (χ4v) is 3.06. The average molecular weight is 328 g/mol. The molecule has 5 heteroatoms. The zero-order chi connectivity index (χ0) is 16.7. The van der Waals surface area contributed by atoms with E-state index >= 15 is 0 Å². The maximum absolute atomic E-state index is 9.25. The third kappa shape index (κ3) is 4.90. The number of hydrogen-bond acceptors (Lipinski definition) is 5. The van der Waals surface area contributed by atoms with Gasteiger partial charge in [0.05, 0.1) is 18.8 Å². The summed E-state index contributed by atoms with van der Waals surface area (Å²) >= 11 is 1.55. The van der Waals surface area contributed by atoms with Crippen LogP contribution in [0.1, 0.15) is 23.7 Å². The lowest BCUT2D eigenvalue weighted by Crippen LogP contribution is -2.02. The molecule has 0 amide bonds. The van der Waals surface area contributed by atoms with Crippen molar-refractivity contribution in [2.45, 2.75) is 25.8 Å². The second-order valence-corrected chi connectivity index (χ2v) is 6.06. The number of nitrogens with zero attached hydrogens (tertiary/aromatic N) is 2. The summed E-state index contributed by atoms with van der Waals surface area (Å²) in [6, 6.07) is 11.7. The van der Waals surface area contributed by atoms with Crippen LogP contribution in [0.2, 0.25) is 0 Å². The average Bonchev–Trinajstić information content (AvgIpc) is 2.53. The molecular weight excluding hydrogens is 308 g/mol. The minimum absolute atomic E-state index is 0.554. The molecule has 1 heterocycles. The summed E-state index contributed by atoms with van der Waals surface area (Å²) < 4.78 is 11.1. The van der Waals surface area contributed by atoms with Crippen LogP contribution in [0, 0.1) is 25.2 Å². The van der Waals surface area contributed by atoms with Crippen molar-refractivity contribution in [2.75, 3.05) is 19.0 Å². The summed E-state index contributed by atoms with van der Waals surface area (Å²) in [7, 11) is 0. The Bertz CT molecular complexity index is 693. The molecular formula is C18H20N2O2S. The Balaban J connectivity index is 1.87. The third-order valence-corrected chi connectivity index (χ3v) is 4.09. The van der Waals surface area contributed by atoms with Crippen molar-refractivity contribution < 1.29 is 9.47 Å². The molecule has 23 heavy (non-hydrogen) atoms. The standard InChI is InChI=1S/C18H20N2O2S/c1-4-21-15-5-7-16(8-6-15)22-9-10-23-18-17(12-19)13(2)11-14(3)20-18/h5-8,11H,4,9-10H2,1-3H3. The van der Waals surface area contributed by atoms with Gasteiger partial charge < -0.3 is 9.47 Å². The van der Waals surface area contributed by atoms with Crippen LogP contribution in [0.15, 0.2) is 35.4 Å². The first-order chi connectivity index (χ1) is 11.1. The molecule has 0 saturated heterocycles. The van der Waals surface area contributed by atoms with Crippen molar-refractivity contribution in [3.63, 3.8) is 0 Å². The fourth-order valence-electron chi connectivity index (χ4n) is 2.14. The van der Waals surface area contributed by atoms with E-state index in [-0.39, 0.29) is 0 Å². The lowest BCUT2D eigenvalue weighted by Gasteiger charge is -2.09. The van der Waals surface area contributed by atoms with Crippen molar-refractivity contribution in [2.24, 2.45) is 0 Å². The van der Waals surface area contributed by atoms with Gasteiger partial charge in [-0.15, -0.1) is 11.8 Å². The summed E-state index contributed by atoms with van der Waals surface area (Å²) in [4.78, 5) is 4.45. The largest absolute Gasteiger partial charge is 0.494 e. The number of nitriles is 1. The van der Waals surface area contributed by atoms with E-state index < -0.39 is 0 Å². The van der Waals surface area contributed by atoms with E-state index in [1.54, 1.807) is 11.8 Å². The molecule has 0 aliphatic carbocycles. The Morgan fingerprint density at radius 1 is 1.13 bits per heavy atom. The second-order valence-electron chi connectivity index (χ2n) is 4.97. The molecule has 4 nitrogen and oxygen atoms in total. The van der Waals surface area contributed by atoms with Crippen LogP contribution in [0.5, 0.6) is 11.5 Å². The van der Waals surface area contributed by atoms with E-state index in [0.29, 0.717) is 18.8 Å². The number of aryl methyl sites for hydroxylation is 2. The molecule has 0 N–H and O–H groups in total. The number of hydrogen-bond donors (Lipinski definition) is 0. The molecule has 0 unspecified atom stereocenters. The molecule has 0 aliphatic heterocycles. The molecule has 0 bridgehead atoms. The van der Waals surface area contributed by atoms with Gasteiger partial charge >= 0.3 is 0 Å². The Morgan fingerprint density at radius 3 is 2.39 bits per heavy atom. The van der Waals surface area contributed by atoms with E-state index in [4.69, 9.17) is 9.47 Å². The van der Waals surface area contributed by atoms with Crippen LogP contribution in [0.3, 0.4) is 0 Å². The number of thioether (sulfide) groups is 1. The topological polar surface area (TPSA) is 55.1 Å². The van der Waals surface area contributed by atoms with Gasteiger partial charge in [-0.05, 0) is 56.7 Å². The van der Waals surface area contributed by atoms with Crippen molar-refractivity contribution in [1.82, 2.24) is 4.98 Å². The number of aromatic nitrogens is 1. The van der Waals surface area contributed by atoms with Crippen LogP contribution in [-0.2, 0) is 0 Å². The molecule has 120 valence electrons. The highest BCUT2D eigenvalue weighted by atomic mass is 32.2. The Hall–Kier alpha value is -2.19. The normalized spacial score (nSPS) is 10.2. The molecule has 2 rings (SSSR count).